The summed E-state index contributed by atoms with van der Waals surface area (Å²) in [6, 6.07) is 11.1. The Balaban J connectivity index is 1.70. The zero-order chi connectivity index (χ0) is 21.9. The second-order valence-corrected chi connectivity index (χ2v) is 7.60. The Kier molecular flexibility index (Phi) is 6.09. The normalized spacial score (nSPS) is 13.6. The number of carbonyl (C=O) groups excluding carboxylic acids is 1. The molecule has 3 rings (SSSR count). The molecule has 6 nitrogen and oxygen atoms in total. The quantitative estimate of drug-likeness (QED) is 0.619. The van der Waals surface area contributed by atoms with Crippen LogP contribution in [0.1, 0.15) is 22.7 Å². The third kappa shape index (κ3) is 4.77. The first-order chi connectivity index (χ1) is 14.1. The molecular weight excluding hydrogens is 419 g/mol. The molecule has 0 saturated carbocycles. The monoisotopic (exact) mass is 437 g/mol. The molecule has 3 aromatic rings. The molecule has 10 heteroatoms. The molecule has 0 aliphatic carbocycles. The number of aryl methyl sites for hydroxylation is 1. The van der Waals surface area contributed by atoms with Crippen LogP contribution < -0.4 is 10.9 Å². The molecule has 2 aromatic heterocycles. The molecular formula is C20H18F3N3O3S. The lowest BCUT2D eigenvalue weighted by atomic mass is 9.99. The highest BCUT2D eigenvalue weighted by Gasteiger charge is 2.58. The van der Waals surface area contributed by atoms with Crippen molar-refractivity contribution in [3.63, 3.8) is 0 Å². The van der Waals surface area contributed by atoms with Crippen LogP contribution in [0, 0.1) is 6.92 Å². The number of nitrogens with zero attached hydrogens (tertiary/aromatic N) is 2. The van der Waals surface area contributed by atoms with Gasteiger partial charge in [0.2, 0.25) is 11.5 Å². The second kappa shape index (κ2) is 8.41. The van der Waals surface area contributed by atoms with Gasteiger partial charge < -0.3 is 15.0 Å². The number of alkyl halides is 3. The van der Waals surface area contributed by atoms with Gasteiger partial charge in [-0.15, -0.1) is 11.3 Å². The number of hydrogen-bond acceptors (Lipinski definition) is 5. The number of thiazole rings is 1. The zero-order valence-electron chi connectivity index (χ0n) is 15.8. The van der Waals surface area contributed by atoms with E-state index in [-0.39, 0.29) is 11.2 Å². The van der Waals surface area contributed by atoms with Gasteiger partial charge in [-0.05, 0) is 30.7 Å². The second-order valence-electron chi connectivity index (χ2n) is 6.74. The highest BCUT2D eigenvalue weighted by atomic mass is 32.1. The number of anilines is 1. The first-order valence-corrected chi connectivity index (χ1v) is 9.72. The van der Waals surface area contributed by atoms with Gasteiger partial charge in [0.05, 0.1) is 13.0 Å². The number of pyridine rings is 1. The van der Waals surface area contributed by atoms with Gasteiger partial charge in [0.15, 0.2) is 0 Å². The van der Waals surface area contributed by atoms with Crippen molar-refractivity contribution in [1.82, 2.24) is 9.55 Å². The average Bonchev–Trinajstić information content (AvgIpc) is 3.11. The number of halogens is 3. The minimum absolute atomic E-state index is 0.168. The number of rotatable bonds is 6. The topological polar surface area (TPSA) is 84.2 Å². The lowest BCUT2D eigenvalue weighted by Gasteiger charge is -2.27. The van der Waals surface area contributed by atoms with Crippen molar-refractivity contribution < 1.29 is 23.1 Å². The summed E-state index contributed by atoms with van der Waals surface area (Å²) in [6.45, 7) is 1.81. The van der Waals surface area contributed by atoms with Crippen LogP contribution in [0.3, 0.4) is 0 Å². The molecule has 2 N–H and O–H groups in total. The molecule has 158 valence electrons. The summed E-state index contributed by atoms with van der Waals surface area (Å²) >= 11 is 0.647. The molecule has 0 aliphatic heterocycles. The summed E-state index contributed by atoms with van der Waals surface area (Å²) in [5.74, 6) is -1.00. The Bertz CT molecular complexity index is 1090. The smallest absolute Gasteiger partial charge is 0.374 e. The minimum atomic E-state index is -5.07. The predicted octanol–water partition coefficient (Wildman–Crippen LogP) is 3.44. The van der Waals surface area contributed by atoms with Gasteiger partial charge in [-0.1, -0.05) is 18.2 Å². The Labute approximate surface area is 173 Å². The molecule has 0 aliphatic rings. The van der Waals surface area contributed by atoms with Crippen molar-refractivity contribution >= 4 is 22.9 Å². The van der Waals surface area contributed by atoms with E-state index in [9.17, 15) is 27.9 Å². The van der Waals surface area contributed by atoms with Crippen LogP contribution >= 0.6 is 11.3 Å². The summed E-state index contributed by atoms with van der Waals surface area (Å²) in [5.41, 5.74) is -2.18. The lowest BCUT2D eigenvalue weighted by Crippen LogP contribution is -2.45. The molecule has 1 amide bonds. The van der Waals surface area contributed by atoms with Crippen LogP contribution in [0.5, 0.6) is 0 Å². The zero-order valence-corrected chi connectivity index (χ0v) is 16.6. The molecule has 0 spiro atoms. The van der Waals surface area contributed by atoms with E-state index in [0.29, 0.717) is 23.6 Å². The van der Waals surface area contributed by atoms with E-state index in [2.05, 4.69) is 10.3 Å². The van der Waals surface area contributed by atoms with Crippen LogP contribution in [0.15, 0.2) is 58.8 Å². The van der Waals surface area contributed by atoms with E-state index < -0.39 is 29.1 Å². The predicted molar refractivity (Wildman–Crippen MR) is 106 cm³/mol. The summed E-state index contributed by atoms with van der Waals surface area (Å²) in [4.78, 5) is 27.7. The van der Waals surface area contributed by atoms with Crippen LogP contribution in [-0.4, -0.2) is 26.7 Å². The molecule has 2 heterocycles. The largest absolute Gasteiger partial charge is 0.424 e. The number of carbonyl (C=O) groups is 1. The Morgan fingerprint density at radius 2 is 1.90 bits per heavy atom. The Morgan fingerprint density at radius 3 is 2.47 bits per heavy atom. The van der Waals surface area contributed by atoms with E-state index in [4.69, 9.17) is 0 Å². The van der Waals surface area contributed by atoms with Crippen LogP contribution in [0.2, 0.25) is 0 Å². The third-order valence-corrected chi connectivity index (χ3v) is 5.46. The molecule has 0 radical (unpaired) electrons. The number of aliphatic hydroxyl groups is 1. The first kappa shape index (κ1) is 21.7. The van der Waals surface area contributed by atoms with Crippen molar-refractivity contribution in [2.45, 2.75) is 31.7 Å². The number of benzene rings is 1. The molecule has 1 aromatic carbocycles. The van der Waals surface area contributed by atoms with E-state index >= 15 is 0 Å². The number of amides is 1. The Hall–Kier alpha value is -2.98. The summed E-state index contributed by atoms with van der Waals surface area (Å²) in [6.07, 6.45) is -4.65. The lowest BCUT2D eigenvalue weighted by molar-refractivity contribution is -0.266. The number of hydrogen-bond donors (Lipinski definition) is 2. The fraction of sp³-hybridized carbons (Fsp3) is 0.250. The molecule has 0 saturated heterocycles. The SMILES string of the molecule is Cc1csc(C(O)(CC(=O)Nc2ccc(Cn3ccccc3=O)cc2)C(F)(F)F)n1. The van der Waals surface area contributed by atoms with Gasteiger partial charge in [0.1, 0.15) is 5.01 Å². The maximum Gasteiger partial charge on any atom is 0.424 e. The van der Waals surface area contributed by atoms with Crippen molar-refractivity contribution in [1.29, 1.82) is 0 Å². The minimum Gasteiger partial charge on any atom is -0.374 e. The highest BCUT2D eigenvalue weighted by molar-refractivity contribution is 7.09. The van der Waals surface area contributed by atoms with E-state index in [1.54, 1.807) is 30.5 Å². The van der Waals surface area contributed by atoms with Gasteiger partial charge >= 0.3 is 6.18 Å². The van der Waals surface area contributed by atoms with Gasteiger partial charge in [-0.3, -0.25) is 9.59 Å². The summed E-state index contributed by atoms with van der Waals surface area (Å²) < 4.78 is 42.0. The van der Waals surface area contributed by atoms with E-state index in [1.807, 2.05) is 0 Å². The molecule has 1 unspecified atom stereocenters. The van der Waals surface area contributed by atoms with E-state index in [0.717, 1.165) is 5.56 Å². The molecule has 0 bridgehead atoms. The summed E-state index contributed by atoms with van der Waals surface area (Å²) in [7, 11) is 0. The van der Waals surface area contributed by atoms with Crippen LogP contribution in [0.4, 0.5) is 18.9 Å². The van der Waals surface area contributed by atoms with Gasteiger partial charge in [-0.25, -0.2) is 4.98 Å². The van der Waals surface area contributed by atoms with Gasteiger partial charge in [0.25, 0.3) is 5.56 Å². The third-order valence-electron chi connectivity index (χ3n) is 4.35. The molecule has 1 atom stereocenters. The highest BCUT2D eigenvalue weighted by Crippen LogP contribution is 2.42. The van der Waals surface area contributed by atoms with Crippen molar-refractivity contribution in [2.24, 2.45) is 0 Å². The maximum atomic E-state index is 13.5. The van der Waals surface area contributed by atoms with E-state index in [1.165, 1.54) is 35.1 Å². The van der Waals surface area contributed by atoms with Crippen molar-refractivity contribution in [2.75, 3.05) is 5.32 Å². The molecule has 0 fully saturated rings. The number of aromatic nitrogens is 2. The maximum absolute atomic E-state index is 13.5. The average molecular weight is 437 g/mol. The number of nitrogens with one attached hydrogen (secondary N) is 1. The van der Waals surface area contributed by atoms with Crippen molar-refractivity contribution in [3.05, 3.63) is 80.7 Å². The molecule has 30 heavy (non-hydrogen) atoms. The van der Waals surface area contributed by atoms with Crippen molar-refractivity contribution in [3.8, 4) is 0 Å². The first-order valence-electron chi connectivity index (χ1n) is 8.84. The Morgan fingerprint density at radius 1 is 1.20 bits per heavy atom. The van der Waals surface area contributed by atoms with Crippen LogP contribution in [0.25, 0.3) is 0 Å². The fourth-order valence-electron chi connectivity index (χ4n) is 2.76. The summed E-state index contributed by atoms with van der Waals surface area (Å²) in [5, 5.41) is 13.4. The fourth-order valence-corrected chi connectivity index (χ4v) is 3.67. The standard InChI is InChI=1S/C20H18F3N3O3S/c1-13-12-30-18(24-13)19(29,20(21,22)23)10-16(27)25-15-7-5-14(6-8-15)11-26-9-3-2-4-17(26)28/h2-9,12,29H,10-11H2,1H3,(H,25,27). The van der Waals surface area contributed by atoms with Crippen LogP contribution in [-0.2, 0) is 16.9 Å². The van der Waals surface area contributed by atoms with Gasteiger partial charge in [-0.2, -0.15) is 13.2 Å². The van der Waals surface area contributed by atoms with Gasteiger partial charge in [0, 0.05) is 29.0 Å².